The van der Waals surface area contributed by atoms with Gasteiger partial charge in [-0.3, -0.25) is 4.90 Å². The lowest BCUT2D eigenvalue weighted by molar-refractivity contribution is 0.122. The number of nitrogens with zero attached hydrogens (tertiary/aromatic N) is 1. The zero-order valence-electron chi connectivity index (χ0n) is 9.31. The molecule has 2 heterocycles. The minimum absolute atomic E-state index is 0.0655. The van der Waals surface area contributed by atoms with Gasteiger partial charge in [0.05, 0.1) is 17.6 Å². The van der Waals surface area contributed by atoms with Crippen molar-refractivity contribution in [2.75, 3.05) is 18.1 Å². The number of hydrogen-bond acceptors (Lipinski definition) is 4. The van der Waals surface area contributed by atoms with Gasteiger partial charge < -0.3 is 5.11 Å². The predicted octanol–water partition coefficient (Wildman–Crippen LogP) is 0.0187. The van der Waals surface area contributed by atoms with Crippen molar-refractivity contribution in [2.24, 2.45) is 0 Å². The first-order valence-corrected chi connectivity index (χ1v) is 7.27. The molecule has 0 amide bonds. The third-order valence-electron chi connectivity index (χ3n) is 3.57. The minimum atomic E-state index is -2.82. The van der Waals surface area contributed by atoms with E-state index < -0.39 is 9.84 Å². The van der Waals surface area contributed by atoms with E-state index in [2.05, 4.69) is 18.7 Å². The van der Waals surface area contributed by atoms with Crippen LogP contribution in [0.15, 0.2) is 0 Å². The lowest BCUT2D eigenvalue weighted by Gasteiger charge is -2.35. The van der Waals surface area contributed by atoms with Crippen molar-refractivity contribution in [3.63, 3.8) is 0 Å². The Kier molecular flexibility index (Phi) is 2.60. The van der Waals surface area contributed by atoms with E-state index in [1.807, 2.05) is 0 Å². The van der Waals surface area contributed by atoms with Crippen LogP contribution in [0.3, 0.4) is 0 Å². The van der Waals surface area contributed by atoms with E-state index in [1.165, 1.54) is 0 Å². The third kappa shape index (κ3) is 2.19. The average Bonchev–Trinajstić information content (AvgIpc) is 2.51. The van der Waals surface area contributed by atoms with Gasteiger partial charge in [-0.05, 0) is 26.7 Å². The average molecular weight is 233 g/mol. The zero-order valence-corrected chi connectivity index (χ0v) is 10.1. The van der Waals surface area contributed by atoms with Gasteiger partial charge in [0, 0.05) is 18.1 Å². The molecule has 1 N–H and O–H groups in total. The van der Waals surface area contributed by atoms with Crippen LogP contribution in [0.2, 0.25) is 0 Å². The number of aliphatic hydroxyl groups excluding tert-OH is 1. The summed E-state index contributed by atoms with van der Waals surface area (Å²) in [5, 5.41) is 9.63. The van der Waals surface area contributed by atoms with E-state index in [-0.39, 0.29) is 23.4 Å². The van der Waals surface area contributed by atoms with Crippen molar-refractivity contribution < 1.29 is 13.5 Å². The fourth-order valence-corrected chi connectivity index (χ4v) is 4.63. The van der Waals surface area contributed by atoms with Crippen LogP contribution in [0.4, 0.5) is 0 Å². The van der Waals surface area contributed by atoms with Crippen LogP contribution in [0.5, 0.6) is 0 Å². The predicted molar refractivity (Wildman–Crippen MR) is 58.5 cm³/mol. The normalized spacial score (nSPS) is 39.7. The van der Waals surface area contributed by atoms with Crippen molar-refractivity contribution in [1.29, 1.82) is 0 Å². The molecule has 2 rings (SSSR count). The maximum Gasteiger partial charge on any atom is 0.151 e. The molecule has 0 aromatic rings. The summed E-state index contributed by atoms with van der Waals surface area (Å²) in [6.45, 7) is 4.77. The van der Waals surface area contributed by atoms with Gasteiger partial charge in [-0.2, -0.15) is 0 Å². The zero-order chi connectivity index (χ0) is 11.3. The van der Waals surface area contributed by atoms with Gasteiger partial charge in [0.25, 0.3) is 0 Å². The van der Waals surface area contributed by atoms with Crippen molar-refractivity contribution in [3.8, 4) is 0 Å². The van der Waals surface area contributed by atoms with Crippen molar-refractivity contribution in [1.82, 2.24) is 4.90 Å². The second-order valence-electron chi connectivity index (χ2n) is 5.38. The molecule has 2 saturated heterocycles. The molecule has 0 aliphatic carbocycles. The highest BCUT2D eigenvalue weighted by atomic mass is 32.2. The number of likely N-dealkylation sites (tertiary alicyclic amines) is 1. The summed E-state index contributed by atoms with van der Waals surface area (Å²) in [4.78, 5) is 2.17. The maximum atomic E-state index is 11.4. The first-order chi connectivity index (χ1) is 6.80. The Balaban J connectivity index is 2.12. The Morgan fingerprint density at radius 3 is 2.47 bits per heavy atom. The summed E-state index contributed by atoms with van der Waals surface area (Å²) in [7, 11) is -2.82. The van der Waals surface area contributed by atoms with Gasteiger partial charge in [-0.1, -0.05) is 0 Å². The van der Waals surface area contributed by atoms with Gasteiger partial charge >= 0.3 is 0 Å². The molecule has 0 saturated carbocycles. The minimum Gasteiger partial charge on any atom is -0.392 e. The molecule has 0 aromatic carbocycles. The van der Waals surface area contributed by atoms with Gasteiger partial charge in [0.15, 0.2) is 9.84 Å². The Morgan fingerprint density at radius 2 is 2.07 bits per heavy atom. The molecule has 0 radical (unpaired) electrons. The maximum absolute atomic E-state index is 11.4. The van der Waals surface area contributed by atoms with E-state index in [0.717, 1.165) is 12.8 Å². The monoisotopic (exact) mass is 233 g/mol. The van der Waals surface area contributed by atoms with Crippen LogP contribution in [-0.2, 0) is 9.84 Å². The molecule has 5 heteroatoms. The number of rotatable bonds is 1. The fraction of sp³-hybridized carbons (Fsp3) is 1.00. The third-order valence-corrected chi connectivity index (χ3v) is 5.32. The first-order valence-electron chi connectivity index (χ1n) is 5.45. The molecule has 0 aromatic heterocycles. The lowest BCUT2D eigenvalue weighted by atomic mass is 9.99. The van der Waals surface area contributed by atoms with E-state index in [9.17, 15) is 13.5 Å². The van der Waals surface area contributed by atoms with E-state index in [0.29, 0.717) is 12.3 Å². The summed E-state index contributed by atoms with van der Waals surface area (Å²) in [5.41, 5.74) is -0.0655. The summed E-state index contributed by atoms with van der Waals surface area (Å²) >= 11 is 0. The Bertz CT molecular complexity index is 350. The highest BCUT2D eigenvalue weighted by Gasteiger charge is 2.44. The number of hydrogen-bond donors (Lipinski definition) is 1. The van der Waals surface area contributed by atoms with Crippen LogP contribution in [0.25, 0.3) is 0 Å². The molecular weight excluding hydrogens is 214 g/mol. The van der Waals surface area contributed by atoms with Gasteiger partial charge in [0.2, 0.25) is 0 Å². The van der Waals surface area contributed by atoms with Crippen LogP contribution in [-0.4, -0.2) is 54.2 Å². The fourth-order valence-electron chi connectivity index (χ4n) is 2.90. The van der Waals surface area contributed by atoms with E-state index in [1.54, 1.807) is 0 Å². The molecule has 15 heavy (non-hydrogen) atoms. The molecule has 88 valence electrons. The molecule has 2 fully saturated rings. The van der Waals surface area contributed by atoms with Crippen molar-refractivity contribution in [2.45, 2.75) is 44.4 Å². The van der Waals surface area contributed by atoms with Gasteiger partial charge in [-0.25, -0.2) is 8.42 Å². The molecule has 2 aliphatic heterocycles. The molecular formula is C10H19NO3S. The Labute approximate surface area is 91.2 Å². The quantitative estimate of drug-likeness (QED) is 0.693. The standard InChI is InChI=1S/C10H19NO3S/c1-10(2)5-9(12)6-11(10)8-3-4-15(13,14)7-8/h8-9,12H,3-7H2,1-2H3. The van der Waals surface area contributed by atoms with Crippen molar-refractivity contribution >= 4 is 9.84 Å². The van der Waals surface area contributed by atoms with Crippen LogP contribution in [0, 0.1) is 0 Å². The summed E-state index contributed by atoms with van der Waals surface area (Å²) in [6.07, 6.45) is 1.16. The number of β-amino-alcohol motifs (C(OH)–C–C–N with tert-alkyl or cyclic N) is 1. The van der Waals surface area contributed by atoms with Gasteiger partial charge in [0.1, 0.15) is 0 Å². The van der Waals surface area contributed by atoms with E-state index >= 15 is 0 Å². The highest BCUT2D eigenvalue weighted by Crippen LogP contribution is 2.33. The number of sulfone groups is 1. The van der Waals surface area contributed by atoms with Gasteiger partial charge in [-0.15, -0.1) is 0 Å². The molecule has 0 bridgehead atoms. The largest absolute Gasteiger partial charge is 0.392 e. The topological polar surface area (TPSA) is 57.6 Å². The Hall–Kier alpha value is -0.130. The van der Waals surface area contributed by atoms with Crippen LogP contribution < -0.4 is 0 Å². The molecule has 0 spiro atoms. The van der Waals surface area contributed by atoms with E-state index in [4.69, 9.17) is 0 Å². The SMILES string of the molecule is CC1(C)CC(O)CN1C1CCS(=O)(=O)C1. The van der Waals surface area contributed by atoms with Crippen molar-refractivity contribution in [3.05, 3.63) is 0 Å². The molecule has 2 aliphatic rings. The Morgan fingerprint density at radius 1 is 1.40 bits per heavy atom. The van der Waals surface area contributed by atoms with Crippen LogP contribution in [0.1, 0.15) is 26.7 Å². The molecule has 2 atom stereocenters. The first kappa shape index (κ1) is 11.4. The highest BCUT2D eigenvalue weighted by molar-refractivity contribution is 7.91. The van der Waals surface area contributed by atoms with Crippen LogP contribution >= 0.6 is 0 Å². The lowest BCUT2D eigenvalue weighted by Crippen LogP contribution is -2.46. The second kappa shape index (κ2) is 3.43. The summed E-state index contributed by atoms with van der Waals surface area (Å²) in [5.74, 6) is 0.573. The summed E-state index contributed by atoms with van der Waals surface area (Å²) < 4.78 is 22.8. The summed E-state index contributed by atoms with van der Waals surface area (Å²) in [6, 6.07) is 0.113. The molecule has 2 unspecified atom stereocenters. The molecule has 4 nitrogen and oxygen atoms in total. The second-order valence-corrected chi connectivity index (χ2v) is 7.61. The smallest absolute Gasteiger partial charge is 0.151 e. The number of aliphatic hydroxyl groups is 1.